The zero-order valence-electron chi connectivity index (χ0n) is 12.9. The number of rotatable bonds is 6. The Bertz CT molecular complexity index is 468. The third kappa shape index (κ3) is 5.38. The van der Waals surface area contributed by atoms with Crippen molar-refractivity contribution >= 4 is 17.3 Å². The second-order valence-corrected chi connectivity index (χ2v) is 5.95. The summed E-state index contributed by atoms with van der Waals surface area (Å²) in [5.74, 6) is 0.688. The van der Waals surface area contributed by atoms with E-state index < -0.39 is 0 Å². The second kappa shape index (κ2) is 8.03. The summed E-state index contributed by atoms with van der Waals surface area (Å²) >= 11 is 0. The minimum absolute atomic E-state index is 0.00786. The van der Waals surface area contributed by atoms with Gasteiger partial charge in [-0.25, -0.2) is 0 Å². The molecule has 4 nitrogen and oxygen atoms in total. The fraction of sp³-hybridized carbons (Fsp3) is 0.588. The number of aryl methyl sites for hydroxylation is 1. The van der Waals surface area contributed by atoms with E-state index in [0.29, 0.717) is 24.6 Å². The molecule has 3 N–H and O–H groups in total. The van der Waals surface area contributed by atoms with Gasteiger partial charge >= 0.3 is 0 Å². The van der Waals surface area contributed by atoms with Crippen molar-refractivity contribution in [3.8, 4) is 0 Å². The summed E-state index contributed by atoms with van der Waals surface area (Å²) in [5, 5.41) is 2.90. The Balaban J connectivity index is 1.65. The van der Waals surface area contributed by atoms with E-state index in [-0.39, 0.29) is 5.91 Å². The quantitative estimate of drug-likeness (QED) is 0.622. The molecule has 0 aliphatic heterocycles. The van der Waals surface area contributed by atoms with Crippen molar-refractivity contribution in [2.75, 3.05) is 24.3 Å². The number of nitrogens with one attached hydrogen (secondary N) is 1. The van der Waals surface area contributed by atoms with Gasteiger partial charge in [0.2, 0.25) is 5.91 Å². The molecule has 0 unspecified atom stereocenters. The van der Waals surface area contributed by atoms with Crippen LogP contribution in [0.3, 0.4) is 0 Å². The van der Waals surface area contributed by atoms with Gasteiger partial charge in [0.25, 0.3) is 0 Å². The summed E-state index contributed by atoms with van der Waals surface area (Å²) in [4.78, 5) is 11.9. The molecule has 0 aromatic heterocycles. The highest BCUT2D eigenvalue weighted by Crippen LogP contribution is 2.23. The van der Waals surface area contributed by atoms with Crippen molar-refractivity contribution < 1.29 is 9.53 Å². The lowest BCUT2D eigenvalue weighted by molar-refractivity contribution is -0.117. The second-order valence-electron chi connectivity index (χ2n) is 5.95. The molecule has 0 saturated heterocycles. The van der Waals surface area contributed by atoms with Gasteiger partial charge in [0.05, 0.1) is 13.0 Å². The van der Waals surface area contributed by atoms with Crippen LogP contribution in [0.2, 0.25) is 0 Å². The van der Waals surface area contributed by atoms with Gasteiger partial charge in [0.1, 0.15) is 0 Å². The van der Waals surface area contributed by atoms with E-state index in [9.17, 15) is 4.79 Å². The summed E-state index contributed by atoms with van der Waals surface area (Å²) in [6, 6.07) is 5.49. The van der Waals surface area contributed by atoms with Crippen molar-refractivity contribution in [2.45, 2.75) is 45.4 Å². The summed E-state index contributed by atoms with van der Waals surface area (Å²) in [5.41, 5.74) is 8.20. The van der Waals surface area contributed by atoms with Gasteiger partial charge in [-0.05, 0) is 49.4 Å². The molecule has 0 bridgehead atoms. The fourth-order valence-corrected chi connectivity index (χ4v) is 2.81. The van der Waals surface area contributed by atoms with E-state index in [1.165, 1.54) is 32.1 Å². The van der Waals surface area contributed by atoms with Crippen molar-refractivity contribution in [1.29, 1.82) is 0 Å². The highest BCUT2D eigenvalue weighted by atomic mass is 16.5. The third-order valence-electron chi connectivity index (χ3n) is 4.08. The summed E-state index contributed by atoms with van der Waals surface area (Å²) < 4.78 is 5.65. The van der Waals surface area contributed by atoms with Crippen LogP contribution in [0.15, 0.2) is 18.2 Å². The number of nitrogen functional groups attached to an aromatic ring is 1. The normalized spacial score (nSPS) is 15.9. The van der Waals surface area contributed by atoms with Crippen LogP contribution in [0.5, 0.6) is 0 Å². The van der Waals surface area contributed by atoms with Crippen LogP contribution in [0.4, 0.5) is 11.4 Å². The molecule has 0 radical (unpaired) electrons. The molecular formula is C17H26N2O2. The van der Waals surface area contributed by atoms with Gasteiger partial charge in [-0.15, -0.1) is 0 Å². The Morgan fingerprint density at radius 2 is 2.10 bits per heavy atom. The molecule has 1 aliphatic rings. The Kier molecular flexibility index (Phi) is 6.05. The first kappa shape index (κ1) is 15.8. The maximum Gasteiger partial charge on any atom is 0.226 e. The average Bonchev–Trinajstić information content (AvgIpc) is 2.48. The summed E-state index contributed by atoms with van der Waals surface area (Å²) in [6.07, 6.45) is 6.96. The molecule has 1 amide bonds. The number of anilines is 2. The number of hydrogen-bond acceptors (Lipinski definition) is 3. The average molecular weight is 290 g/mol. The van der Waals surface area contributed by atoms with Crippen molar-refractivity contribution in [3.05, 3.63) is 23.8 Å². The number of ether oxygens (including phenoxy) is 1. The molecule has 0 heterocycles. The number of amides is 1. The van der Waals surface area contributed by atoms with Gasteiger partial charge in [0.15, 0.2) is 0 Å². The van der Waals surface area contributed by atoms with E-state index >= 15 is 0 Å². The highest BCUT2D eigenvalue weighted by Gasteiger charge is 2.13. The Hall–Kier alpha value is -1.55. The molecule has 1 saturated carbocycles. The third-order valence-corrected chi connectivity index (χ3v) is 4.08. The van der Waals surface area contributed by atoms with Crippen LogP contribution in [-0.4, -0.2) is 19.1 Å². The van der Waals surface area contributed by atoms with Crippen molar-refractivity contribution in [1.82, 2.24) is 0 Å². The fourth-order valence-electron chi connectivity index (χ4n) is 2.81. The van der Waals surface area contributed by atoms with Crippen LogP contribution in [-0.2, 0) is 9.53 Å². The zero-order valence-corrected chi connectivity index (χ0v) is 12.9. The van der Waals surface area contributed by atoms with E-state index in [1.807, 2.05) is 19.1 Å². The maximum atomic E-state index is 11.9. The maximum absolute atomic E-state index is 11.9. The molecule has 1 aromatic carbocycles. The highest BCUT2D eigenvalue weighted by molar-refractivity contribution is 5.91. The van der Waals surface area contributed by atoms with E-state index in [1.54, 1.807) is 6.07 Å². The largest absolute Gasteiger partial charge is 0.399 e. The molecule has 0 atom stereocenters. The molecule has 0 spiro atoms. The van der Waals surface area contributed by atoms with Crippen LogP contribution >= 0.6 is 0 Å². The van der Waals surface area contributed by atoms with E-state index in [0.717, 1.165) is 17.9 Å². The molecular weight excluding hydrogens is 264 g/mol. The van der Waals surface area contributed by atoms with E-state index in [2.05, 4.69) is 5.32 Å². The lowest BCUT2D eigenvalue weighted by Crippen LogP contribution is -2.18. The van der Waals surface area contributed by atoms with E-state index in [4.69, 9.17) is 10.5 Å². The lowest BCUT2D eigenvalue weighted by Gasteiger charge is -2.21. The van der Waals surface area contributed by atoms with Crippen LogP contribution < -0.4 is 11.1 Å². The molecule has 116 valence electrons. The summed E-state index contributed by atoms with van der Waals surface area (Å²) in [7, 11) is 0. The molecule has 21 heavy (non-hydrogen) atoms. The van der Waals surface area contributed by atoms with Gasteiger partial charge in [0, 0.05) is 18.0 Å². The molecule has 2 rings (SSSR count). The first-order valence-electron chi connectivity index (χ1n) is 7.89. The minimum Gasteiger partial charge on any atom is -0.399 e. The van der Waals surface area contributed by atoms with Crippen LogP contribution in [0.1, 0.15) is 44.1 Å². The summed E-state index contributed by atoms with van der Waals surface area (Å²) in [6.45, 7) is 3.23. The van der Waals surface area contributed by atoms with Crippen molar-refractivity contribution in [3.63, 3.8) is 0 Å². The molecule has 1 fully saturated rings. The van der Waals surface area contributed by atoms with Crippen molar-refractivity contribution in [2.24, 2.45) is 5.92 Å². The monoisotopic (exact) mass is 290 g/mol. The number of hydrogen-bond donors (Lipinski definition) is 2. The number of carbonyl (C=O) groups is 1. The Labute approximate surface area is 127 Å². The Morgan fingerprint density at radius 1 is 1.33 bits per heavy atom. The Morgan fingerprint density at radius 3 is 2.81 bits per heavy atom. The molecule has 1 aromatic rings. The first-order chi connectivity index (χ1) is 10.1. The first-order valence-corrected chi connectivity index (χ1v) is 7.89. The number of carbonyl (C=O) groups excluding carboxylic acids is 1. The van der Waals surface area contributed by atoms with Gasteiger partial charge in [-0.2, -0.15) is 0 Å². The topological polar surface area (TPSA) is 64.3 Å². The predicted molar refractivity (Wildman–Crippen MR) is 86.2 cm³/mol. The van der Waals surface area contributed by atoms with Crippen LogP contribution in [0.25, 0.3) is 0 Å². The van der Waals surface area contributed by atoms with Gasteiger partial charge in [-0.1, -0.05) is 19.3 Å². The number of nitrogens with two attached hydrogens (primary N) is 1. The molecule has 1 aliphatic carbocycles. The minimum atomic E-state index is -0.00786. The standard InChI is InChI=1S/C17H26N2O2/c1-13-11-15(18)7-8-16(13)19-17(20)9-10-21-12-14-5-3-2-4-6-14/h7-8,11,14H,2-6,9-10,12,18H2,1H3,(H,19,20). The van der Waals surface area contributed by atoms with Gasteiger partial charge < -0.3 is 15.8 Å². The smallest absolute Gasteiger partial charge is 0.226 e. The van der Waals surface area contributed by atoms with Gasteiger partial charge in [-0.3, -0.25) is 4.79 Å². The predicted octanol–water partition coefficient (Wildman–Crippen LogP) is 3.50. The zero-order chi connectivity index (χ0) is 15.1. The van der Waals surface area contributed by atoms with Crippen LogP contribution in [0, 0.1) is 12.8 Å². The number of benzene rings is 1. The lowest BCUT2D eigenvalue weighted by atomic mass is 9.90. The molecule has 4 heteroatoms. The SMILES string of the molecule is Cc1cc(N)ccc1NC(=O)CCOCC1CCCCC1.